The van der Waals surface area contributed by atoms with Gasteiger partial charge in [0, 0.05) is 6.07 Å². The van der Waals surface area contributed by atoms with Crippen LogP contribution in [0.2, 0.25) is 0 Å². The molecule has 0 aliphatic carbocycles. The van der Waals surface area contributed by atoms with Crippen molar-refractivity contribution in [2.75, 3.05) is 6.61 Å². The molecule has 13 heavy (non-hydrogen) atoms. The molecular weight excluding hydrogens is 162 g/mol. The van der Waals surface area contributed by atoms with Gasteiger partial charge in [-0.1, -0.05) is 6.92 Å². The van der Waals surface area contributed by atoms with E-state index in [2.05, 4.69) is 13.0 Å². The lowest BCUT2D eigenvalue weighted by Crippen LogP contribution is -1.97. The molecule has 0 bridgehead atoms. The largest absolute Gasteiger partial charge is 0.493 e. The van der Waals surface area contributed by atoms with E-state index in [9.17, 15) is 0 Å². The smallest absolute Gasteiger partial charge is 0.123 e. The lowest BCUT2D eigenvalue weighted by atomic mass is 10.1. The summed E-state index contributed by atoms with van der Waals surface area (Å²) in [6.07, 6.45) is 0.972. The van der Waals surface area contributed by atoms with Gasteiger partial charge in [0.1, 0.15) is 5.75 Å². The molecule has 2 heteroatoms. The molecule has 0 fully saturated rings. The van der Waals surface area contributed by atoms with Crippen molar-refractivity contribution in [1.29, 1.82) is 5.26 Å². The Morgan fingerprint density at radius 3 is 3.00 bits per heavy atom. The fourth-order valence-electron chi connectivity index (χ4n) is 0.976. The minimum Gasteiger partial charge on any atom is -0.493 e. The Balaban J connectivity index is 2.85. The van der Waals surface area contributed by atoms with Crippen LogP contribution in [0.4, 0.5) is 0 Å². The predicted molar refractivity (Wildman–Crippen MR) is 50.5 cm³/mol. The predicted octanol–water partition coefficient (Wildman–Crippen LogP) is 2.46. The molecule has 0 atom stereocenters. The van der Waals surface area contributed by atoms with Crippen LogP contribution in [0.1, 0.15) is 24.5 Å². The zero-order chi connectivity index (χ0) is 9.68. The molecule has 0 N–H and O–H groups in total. The Morgan fingerprint density at radius 2 is 2.38 bits per heavy atom. The second-order valence-electron chi connectivity index (χ2n) is 2.85. The van der Waals surface area contributed by atoms with Crippen LogP contribution in [0.3, 0.4) is 0 Å². The number of benzene rings is 1. The van der Waals surface area contributed by atoms with E-state index < -0.39 is 0 Å². The van der Waals surface area contributed by atoms with Gasteiger partial charge < -0.3 is 4.74 Å². The Bertz CT molecular complexity index is 325. The quantitative estimate of drug-likeness (QED) is 0.705. The third-order valence-electron chi connectivity index (χ3n) is 1.69. The van der Waals surface area contributed by atoms with Crippen molar-refractivity contribution in [3.05, 3.63) is 29.3 Å². The van der Waals surface area contributed by atoms with Crippen molar-refractivity contribution in [3.63, 3.8) is 0 Å². The number of rotatable bonds is 3. The van der Waals surface area contributed by atoms with Crippen LogP contribution in [0.5, 0.6) is 5.75 Å². The van der Waals surface area contributed by atoms with Crippen LogP contribution in [-0.4, -0.2) is 6.61 Å². The van der Waals surface area contributed by atoms with E-state index in [1.807, 2.05) is 13.0 Å². The van der Waals surface area contributed by atoms with Gasteiger partial charge in [0.25, 0.3) is 0 Å². The third kappa shape index (κ3) is 2.48. The summed E-state index contributed by atoms with van der Waals surface area (Å²) in [6.45, 7) is 4.69. The highest BCUT2D eigenvalue weighted by Crippen LogP contribution is 2.18. The summed E-state index contributed by atoms with van der Waals surface area (Å²) in [6, 6.07) is 8.41. The molecule has 0 saturated heterocycles. The molecule has 0 aromatic heterocycles. The summed E-state index contributed by atoms with van der Waals surface area (Å²) in [7, 11) is 0. The molecule has 1 aromatic carbocycles. The fourth-order valence-corrected chi connectivity index (χ4v) is 0.976. The average molecular weight is 174 g/mol. The number of nitrogens with zero attached hydrogens (tertiary/aromatic N) is 1. The first-order valence-electron chi connectivity index (χ1n) is 4.33. The van der Waals surface area contributed by atoms with E-state index >= 15 is 0 Å². The van der Waals surface area contributed by atoms with Gasteiger partial charge in [-0.3, -0.25) is 0 Å². The van der Waals surface area contributed by atoms with E-state index in [1.165, 1.54) is 0 Å². The van der Waals surface area contributed by atoms with E-state index in [-0.39, 0.29) is 0 Å². The highest BCUT2D eigenvalue weighted by Gasteiger charge is 2.00. The molecule has 0 aliphatic heterocycles. The second-order valence-corrected chi connectivity index (χ2v) is 2.85. The number of ether oxygens (including phenoxy) is 1. The molecule has 0 aliphatic rings. The van der Waals surface area contributed by atoms with E-state index in [4.69, 9.17) is 10.00 Å². The molecule has 1 rings (SSSR count). The van der Waals surface area contributed by atoms with Gasteiger partial charge in [-0.2, -0.15) is 5.26 Å². The molecule has 0 heterocycles. The van der Waals surface area contributed by atoms with Crippen molar-refractivity contribution in [1.82, 2.24) is 0 Å². The fraction of sp³-hybridized carbons (Fsp3) is 0.364. The maximum absolute atomic E-state index is 8.64. The molecule has 0 unspecified atom stereocenters. The number of nitriles is 1. The SMILES string of the molecule is CCCOc1cc(C#N)[c]cc1C. The summed E-state index contributed by atoms with van der Waals surface area (Å²) in [5, 5.41) is 8.64. The van der Waals surface area contributed by atoms with Crippen molar-refractivity contribution < 1.29 is 4.74 Å². The Hall–Kier alpha value is -1.49. The van der Waals surface area contributed by atoms with Crippen LogP contribution in [0, 0.1) is 24.3 Å². The summed E-state index contributed by atoms with van der Waals surface area (Å²) in [5.74, 6) is 0.789. The van der Waals surface area contributed by atoms with Gasteiger partial charge in [-0.15, -0.1) is 0 Å². The van der Waals surface area contributed by atoms with Crippen molar-refractivity contribution in [2.24, 2.45) is 0 Å². The van der Waals surface area contributed by atoms with Gasteiger partial charge >= 0.3 is 0 Å². The first-order valence-corrected chi connectivity index (χ1v) is 4.33. The second kappa shape index (κ2) is 4.51. The summed E-state index contributed by atoms with van der Waals surface area (Å²) >= 11 is 0. The highest BCUT2D eigenvalue weighted by molar-refractivity contribution is 5.40. The van der Waals surface area contributed by atoms with Gasteiger partial charge in [-0.25, -0.2) is 0 Å². The normalized spacial score (nSPS) is 9.31. The minimum atomic E-state index is 0.525. The molecule has 1 radical (unpaired) electrons. The van der Waals surface area contributed by atoms with E-state index in [0.29, 0.717) is 12.2 Å². The highest BCUT2D eigenvalue weighted by atomic mass is 16.5. The van der Waals surface area contributed by atoms with E-state index in [0.717, 1.165) is 17.7 Å². The molecular formula is C11H12NO. The molecule has 0 saturated carbocycles. The lowest BCUT2D eigenvalue weighted by molar-refractivity contribution is 0.315. The minimum absolute atomic E-state index is 0.525. The zero-order valence-electron chi connectivity index (χ0n) is 7.92. The standard InChI is InChI=1S/C11H12NO/c1-3-6-13-11-7-10(8-12)5-4-9(11)2/h4,7H,3,6H2,1-2H3. The van der Waals surface area contributed by atoms with Crippen LogP contribution >= 0.6 is 0 Å². The Labute approximate surface area is 78.8 Å². The monoisotopic (exact) mass is 174 g/mol. The first-order chi connectivity index (χ1) is 6.27. The average Bonchev–Trinajstić information content (AvgIpc) is 2.17. The first kappa shape index (κ1) is 9.60. The number of hydrogen-bond donors (Lipinski definition) is 0. The molecule has 0 amide bonds. The van der Waals surface area contributed by atoms with Gasteiger partial charge in [-0.05, 0) is 31.0 Å². The van der Waals surface area contributed by atoms with Crippen LogP contribution < -0.4 is 4.74 Å². The lowest BCUT2D eigenvalue weighted by Gasteiger charge is -2.07. The topological polar surface area (TPSA) is 33.0 Å². The third-order valence-corrected chi connectivity index (χ3v) is 1.69. The maximum atomic E-state index is 8.64. The van der Waals surface area contributed by atoms with Crippen molar-refractivity contribution in [3.8, 4) is 11.8 Å². The summed E-state index contributed by atoms with van der Waals surface area (Å²) in [5.41, 5.74) is 1.55. The maximum Gasteiger partial charge on any atom is 0.123 e. The van der Waals surface area contributed by atoms with Crippen LogP contribution in [0.15, 0.2) is 12.1 Å². The zero-order valence-corrected chi connectivity index (χ0v) is 7.92. The van der Waals surface area contributed by atoms with Gasteiger partial charge in [0.05, 0.1) is 18.2 Å². The summed E-state index contributed by atoms with van der Waals surface area (Å²) < 4.78 is 5.46. The molecule has 0 spiro atoms. The van der Waals surface area contributed by atoms with E-state index in [1.54, 1.807) is 12.1 Å². The molecule has 1 aromatic rings. The van der Waals surface area contributed by atoms with Gasteiger partial charge in [0.15, 0.2) is 0 Å². The Kier molecular flexibility index (Phi) is 3.33. The number of hydrogen-bond acceptors (Lipinski definition) is 2. The van der Waals surface area contributed by atoms with Crippen molar-refractivity contribution >= 4 is 0 Å². The summed E-state index contributed by atoms with van der Waals surface area (Å²) in [4.78, 5) is 0. The van der Waals surface area contributed by atoms with Crippen LogP contribution in [-0.2, 0) is 0 Å². The van der Waals surface area contributed by atoms with Gasteiger partial charge in [0.2, 0.25) is 0 Å². The van der Waals surface area contributed by atoms with Crippen molar-refractivity contribution in [2.45, 2.75) is 20.3 Å². The Morgan fingerprint density at radius 1 is 1.62 bits per heavy atom. The number of aryl methyl sites for hydroxylation is 1. The van der Waals surface area contributed by atoms with Crippen LogP contribution in [0.25, 0.3) is 0 Å². The molecule has 67 valence electrons. The molecule has 2 nitrogen and oxygen atoms in total.